The second-order valence-electron chi connectivity index (χ2n) is 4.28. The molecule has 0 radical (unpaired) electrons. The zero-order chi connectivity index (χ0) is 15.0. The van der Waals surface area contributed by atoms with Gasteiger partial charge in [-0.2, -0.15) is 5.10 Å². The van der Waals surface area contributed by atoms with Gasteiger partial charge in [-0.25, -0.2) is 0 Å². The minimum absolute atomic E-state index is 0.0139. The van der Waals surface area contributed by atoms with E-state index < -0.39 is 0 Å². The van der Waals surface area contributed by atoms with Crippen LogP contribution in [-0.4, -0.2) is 23.2 Å². The van der Waals surface area contributed by atoms with Crippen LogP contribution in [0.1, 0.15) is 25.7 Å². The normalized spacial score (nSPS) is 25.1. The molecule has 0 amide bonds. The average molecular weight is 388 g/mol. The summed E-state index contributed by atoms with van der Waals surface area (Å²) in [5.74, 6) is 0.0921. The van der Waals surface area contributed by atoms with Gasteiger partial charge in [-0.05, 0) is 31.5 Å². The van der Waals surface area contributed by atoms with Crippen LogP contribution in [-0.2, 0) is 22.7 Å². The van der Waals surface area contributed by atoms with Crippen molar-refractivity contribution in [3.63, 3.8) is 0 Å². The molecule has 1 heterocycles. The first-order valence-corrected chi connectivity index (χ1v) is 8.89. The Morgan fingerprint density at radius 2 is 2.20 bits per heavy atom. The minimum atomic E-state index is -0.0139. The van der Waals surface area contributed by atoms with Crippen LogP contribution in [0, 0.1) is 5.92 Å². The predicted molar refractivity (Wildman–Crippen MR) is 80.0 cm³/mol. The van der Waals surface area contributed by atoms with Crippen molar-refractivity contribution >= 4 is 49.5 Å². The molecule has 2 aliphatic rings. The van der Waals surface area contributed by atoms with E-state index in [0.29, 0.717) is 5.57 Å². The van der Waals surface area contributed by atoms with E-state index in [-0.39, 0.29) is 22.9 Å². The van der Waals surface area contributed by atoms with Crippen molar-refractivity contribution in [2.45, 2.75) is 31.8 Å². The topological polar surface area (TPSA) is 76.7 Å². The molecule has 20 heavy (non-hydrogen) atoms. The van der Waals surface area contributed by atoms with Gasteiger partial charge in [-0.3, -0.25) is 10.2 Å². The summed E-state index contributed by atoms with van der Waals surface area (Å²) in [5.41, 5.74) is 8.10. The van der Waals surface area contributed by atoms with Gasteiger partial charge in [-0.15, -0.1) is 0 Å². The van der Waals surface area contributed by atoms with Crippen LogP contribution in [0.4, 0.5) is 0 Å². The number of Topliss-reactive ketones (excluding diaryl/α,β-unsaturated/α-hetero) is 1. The van der Waals surface area contributed by atoms with E-state index in [2.05, 4.69) is 42.9 Å². The quantitative estimate of drug-likeness (QED) is 0.329. The van der Waals surface area contributed by atoms with E-state index >= 15 is 0 Å². The summed E-state index contributed by atoms with van der Waals surface area (Å²) in [7, 11) is 9.34. The van der Waals surface area contributed by atoms with Crippen LogP contribution < -0.4 is 11.2 Å². The number of nitrogens with one attached hydrogen (secondary N) is 1. The molecule has 2 unspecified atom stereocenters. The molecule has 0 spiro atoms. The Kier molecular flexibility index (Phi) is 8.49. The molecule has 2 rings (SSSR count). The number of carbonyl (C=O) groups is 1. The van der Waals surface area contributed by atoms with Crippen molar-refractivity contribution in [1.82, 2.24) is 5.43 Å². The number of carbonyl (C=O) groups excluding carboxylic acids is 1. The summed E-state index contributed by atoms with van der Waals surface area (Å²) in [5, 5.41) is 3.84. The third-order valence-corrected chi connectivity index (χ3v) is 3.16. The number of hydrogen-bond donors (Lipinski definition) is 2. The van der Waals surface area contributed by atoms with Gasteiger partial charge in [0.15, 0.2) is 10.9 Å². The van der Waals surface area contributed by atoms with Crippen LogP contribution in [0.25, 0.3) is 0 Å². The number of ether oxygens (including phenoxy) is 1. The molecule has 5 nitrogen and oxygen atoms in total. The number of hydrogen-bond acceptors (Lipinski definition) is 4. The second-order valence-corrected chi connectivity index (χ2v) is 6.28. The molecule has 0 aromatic carbocycles. The van der Waals surface area contributed by atoms with Gasteiger partial charge in [-0.1, -0.05) is 6.42 Å². The van der Waals surface area contributed by atoms with Gasteiger partial charge in [0.05, 0.1) is 24.0 Å². The number of hydrazone groups is 1. The number of rotatable bonds is 2. The third-order valence-electron chi connectivity index (χ3n) is 3.07. The summed E-state index contributed by atoms with van der Waals surface area (Å²) in [6, 6.07) is 0. The first-order chi connectivity index (χ1) is 9.60. The van der Waals surface area contributed by atoms with Gasteiger partial charge in [0, 0.05) is 0 Å². The van der Waals surface area contributed by atoms with E-state index in [9.17, 15) is 4.79 Å². The SMILES string of the molecule is NC(=S)NN=CC1=COC2CCCCC2C1=O.[Cl][Cu][Cl]. The molecule has 1 saturated carbocycles. The Morgan fingerprint density at radius 3 is 2.85 bits per heavy atom. The fourth-order valence-electron chi connectivity index (χ4n) is 2.25. The predicted octanol–water partition coefficient (Wildman–Crippen LogP) is 2.22. The Balaban J connectivity index is 0.000000612. The summed E-state index contributed by atoms with van der Waals surface area (Å²) >= 11 is 5.36. The van der Waals surface area contributed by atoms with E-state index in [0.717, 1.165) is 38.8 Å². The Bertz CT molecular complexity index is 420. The standard InChI is InChI=1S/C11H15N3O2S.2ClH.Cu/c12-11(17)14-13-5-7-6-16-9-4-2-1-3-8(9)10(7)15;;;/h5-6,8-9H,1-4H2,(H3,12,14,17);2*1H;/q;;;+2/p-2. The summed E-state index contributed by atoms with van der Waals surface area (Å²) in [4.78, 5) is 12.1. The van der Waals surface area contributed by atoms with E-state index in [1.807, 2.05) is 0 Å². The summed E-state index contributed by atoms with van der Waals surface area (Å²) in [6.07, 6.45) is 7.03. The van der Waals surface area contributed by atoms with E-state index in [4.69, 9.17) is 10.5 Å². The first kappa shape index (κ1) is 17.7. The molecule has 3 N–H and O–H groups in total. The van der Waals surface area contributed by atoms with Crippen molar-refractivity contribution in [2.24, 2.45) is 16.8 Å². The Morgan fingerprint density at radius 1 is 1.55 bits per heavy atom. The monoisotopic (exact) mass is 386 g/mol. The molecular formula is C11H15Cl2CuN3O2S. The Labute approximate surface area is 137 Å². The van der Waals surface area contributed by atoms with Crippen LogP contribution in [0.3, 0.4) is 0 Å². The molecule has 9 heteroatoms. The molecular weight excluding hydrogens is 373 g/mol. The number of ketones is 1. The van der Waals surface area contributed by atoms with Crippen molar-refractivity contribution in [3.05, 3.63) is 11.8 Å². The van der Waals surface area contributed by atoms with Crippen molar-refractivity contribution in [2.75, 3.05) is 0 Å². The van der Waals surface area contributed by atoms with Gasteiger partial charge in [0.1, 0.15) is 6.10 Å². The molecule has 117 valence electrons. The maximum absolute atomic E-state index is 12.1. The summed E-state index contributed by atoms with van der Waals surface area (Å²) < 4.78 is 5.56. The van der Waals surface area contributed by atoms with Crippen LogP contribution in [0.2, 0.25) is 0 Å². The fourth-order valence-corrected chi connectivity index (χ4v) is 2.30. The molecule has 0 bridgehead atoms. The maximum atomic E-state index is 12.1. The number of nitrogens with two attached hydrogens (primary N) is 1. The zero-order valence-electron chi connectivity index (χ0n) is 10.4. The number of thiocarbonyl (C=S) groups is 1. The Hall–Kier alpha value is -0.331. The molecule has 1 aliphatic carbocycles. The summed E-state index contributed by atoms with van der Waals surface area (Å²) in [6.45, 7) is 0. The fraction of sp³-hybridized carbons (Fsp3) is 0.545. The van der Waals surface area contributed by atoms with Crippen molar-refractivity contribution in [1.29, 1.82) is 0 Å². The molecule has 2 atom stereocenters. The van der Waals surface area contributed by atoms with Gasteiger partial charge in [0.25, 0.3) is 0 Å². The molecule has 0 aromatic rings. The molecule has 1 aliphatic heterocycles. The number of fused-ring (bicyclic) bond motifs is 1. The van der Waals surface area contributed by atoms with E-state index in [1.54, 1.807) is 0 Å². The first-order valence-electron chi connectivity index (χ1n) is 5.89. The van der Waals surface area contributed by atoms with Gasteiger partial charge in [0.2, 0.25) is 0 Å². The van der Waals surface area contributed by atoms with Crippen LogP contribution in [0.15, 0.2) is 16.9 Å². The van der Waals surface area contributed by atoms with E-state index in [1.165, 1.54) is 12.5 Å². The van der Waals surface area contributed by atoms with Crippen molar-refractivity contribution in [3.8, 4) is 0 Å². The van der Waals surface area contributed by atoms with Crippen LogP contribution >= 0.6 is 32.4 Å². The molecule has 0 aromatic heterocycles. The molecule has 1 fully saturated rings. The third kappa shape index (κ3) is 5.58. The number of halogens is 2. The average Bonchev–Trinajstić information content (AvgIpc) is 2.42. The van der Waals surface area contributed by atoms with Gasteiger partial charge < -0.3 is 10.5 Å². The van der Waals surface area contributed by atoms with Gasteiger partial charge >= 0.3 is 33.3 Å². The molecule has 0 saturated heterocycles. The number of allylic oxidation sites excluding steroid dienone is 1. The number of nitrogens with zero attached hydrogens (tertiary/aromatic N) is 1. The van der Waals surface area contributed by atoms with Crippen molar-refractivity contribution < 1.29 is 22.7 Å². The zero-order valence-corrected chi connectivity index (χ0v) is 13.7. The second kappa shape index (κ2) is 9.58. The van der Waals surface area contributed by atoms with Crippen LogP contribution in [0.5, 0.6) is 0 Å².